The van der Waals surface area contributed by atoms with Gasteiger partial charge in [-0.3, -0.25) is 5.10 Å². The Bertz CT molecular complexity index is 517. The van der Waals surface area contributed by atoms with Crippen molar-refractivity contribution in [2.24, 2.45) is 0 Å². The molecule has 2 amide bonds. The summed E-state index contributed by atoms with van der Waals surface area (Å²) in [5, 5.41) is 13.3. The fraction of sp³-hybridized carbons (Fsp3) is 0.111. The number of rotatable bonds is 0. The van der Waals surface area contributed by atoms with Gasteiger partial charge in [-0.25, -0.2) is 4.79 Å². The molecular weight excluding hydrogens is 180 g/mol. The van der Waals surface area contributed by atoms with E-state index in [1.165, 1.54) is 0 Å². The van der Waals surface area contributed by atoms with Crippen LogP contribution in [-0.2, 0) is 6.54 Å². The van der Waals surface area contributed by atoms with Crippen molar-refractivity contribution < 1.29 is 4.79 Å². The first-order valence-electron chi connectivity index (χ1n) is 4.34. The molecule has 3 N–H and O–H groups in total. The molecule has 3 rings (SSSR count). The number of nitrogens with zero attached hydrogens (tertiary/aromatic N) is 1. The minimum absolute atomic E-state index is 0.156. The lowest BCUT2D eigenvalue weighted by atomic mass is 10.1. The van der Waals surface area contributed by atoms with Gasteiger partial charge in [0.05, 0.1) is 11.7 Å². The zero-order chi connectivity index (χ0) is 9.54. The number of urea groups is 1. The van der Waals surface area contributed by atoms with Gasteiger partial charge in [0.2, 0.25) is 0 Å². The van der Waals surface area contributed by atoms with Gasteiger partial charge in [-0.1, -0.05) is 0 Å². The minimum Gasteiger partial charge on any atom is -0.334 e. The molecule has 1 aromatic heterocycles. The third-order valence-electron chi connectivity index (χ3n) is 2.35. The number of nitrogens with one attached hydrogen (secondary N) is 3. The molecule has 70 valence electrons. The second-order valence-electron chi connectivity index (χ2n) is 3.27. The van der Waals surface area contributed by atoms with E-state index in [1.807, 2.05) is 12.1 Å². The van der Waals surface area contributed by atoms with E-state index in [-0.39, 0.29) is 6.03 Å². The van der Waals surface area contributed by atoms with Gasteiger partial charge in [-0.15, -0.1) is 0 Å². The van der Waals surface area contributed by atoms with Crippen molar-refractivity contribution in [3.63, 3.8) is 0 Å². The molecule has 1 aliphatic heterocycles. The predicted octanol–water partition coefficient (Wildman–Crippen LogP) is 1.20. The van der Waals surface area contributed by atoms with Crippen molar-refractivity contribution >= 4 is 22.6 Å². The summed E-state index contributed by atoms with van der Waals surface area (Å²) in [6, 6.07) is 3.76. The number of aromatic nitrogens is 2. The summed E-state index contributed by atoms with van der Waals surface area (Å²) < 4.78 is 0. The first-order chi connectivity index (χ1) is 6.83. The molecule has 0 bridgehead atoms. The van der Waals surface area contributed by atoms with E-state index < -0.39 is 0 Å². The Morgan fingerprint density at radius 3 is 3.21 bits per heavy atom. The van der Waals surface area contributed by atoms with Crippen molar-refractivity contribution in [2.45, 2.75) is 6.54 Å². The van der Waals surface area contributed by atoms with Crippen molar-refractivity contribution in [2.75, 3.05) is 5.32 Å². The quantitative estimate of drug-likeness (QED) is 0.581. The summed E-state index contributed by atoms with van der Waals surface area (Å²) in [4.78, 5) is 11.1. The third kappa shape index (κ3) is 0.953. The highest BCUT2D eigenvalue weighted by Crippen LogP contribution is 2.24. The summed E-state index contributed by atoms with van der Waals surface area (Å²) in [5.74, 6) is 0. The summed E-state index contributed by atoms with van der Waals surface area (Å²) >= 11 is 0. The molecule has 5 heteroatoms. The van der Waals surface area contributed by atoms with Crippen LogP contribution in [0.15, 0.2) is 18.3 Å². The molecule has 0 atom stereocenters. The monoisotopic (exact) mass is 188 g/mol. The van der Waals surface area contributed by atoms with E-state index in [1.54, 1.807) is 6.20 Å². The number of aromatic amines is 1. The lowest BCUT2D eigenvalue weighted by Crippen LogP contribution is -2.33. The Kier molecular flexibility index (Phi) is 1.30. The molecule has 14 heavy (non-hydrogen) atoms. The van der Waals surface area contributed by atoms with Gasteiger partial charge in [0.15, 0.2) is 0 Å². The lowest BCUT2D eigenvalue weighted by molar-refractivity contribution is 0.251. The molecule has 0 aliphatic carbocycles. The maximum atomic E-state index is 11.1. The van der Waals surface area contributed by atoms with Gasteiger partial charge < -0.3 is 10.6 Å². The number of benzene rings is 1. The first kappa shape index (κ1) is 7.37. The maximum absolute atomic E-state index is 11.1. The molecule has 5 nitrogen and oxygen atoms in total. The van der Waals surface area contributed by atoms with Gasteiger partial charge >= 0.3 is 6.03 Å². The number of fused-ring (bicyclic) bond motifs is 2. The Labute approximate surface area is 79.5 Å². The van der Waals surface area contributed by atoms with Crippen LogP contribution in [-0.4, -0.2) is 16.2 Å². The largest absolute Gasteiger partial charge is 0.334 e. The van der Waals surface area contributed by atoms with Crippen LogP contribution in [0.3, 0.4) is 0 Å². The highest BCUT2D eigenvalue weighted by atomic mass is 16.2. The summed E-state index contributed by atoms with van der Waals surface area (Å²) in [6.45, 7) is 0.572. The number of H-pyrrole nitrogens is 1. The van der Waals surface area contributed by atoms with Gasteiger partial charge in [-0.2, -0.15) is 5.10 Å². The average Bonchev–Trinajstić information content (AvgIpc) is 2.61. The molecule has 0 radical (unpaired) electrons. The number of carbonyl (C=O) groups excluding carboxylic acids is 1. The normalized spacial score (nSPS) is 14.7. The molecule has 2 heterocycles. The molecule has 1 aromatic carbocycles. The second kappa shape index (κ2) is 2.47. The zero-order valence-corrected chi connectivity index (χ0v) is 7.29. The Hall–Kier alpha value is -2.04. The van der Waals surface area contributed by atoms with E-state index in [9.17, 15) is 4.79 Å². The molecule has 0 saturated carbocycles. The van der Waals surface area contributed by atoms with Crippen molar-refractivity contribution in [3.8, 4) is 0 Å². The molecule has 2 aromatic rings. The van der Waals surface area contributed by atoms with Crippen LogP contribution in [0.5, 0.6) is 0 Å². The summed E-state index contributed by atoms with van der Waals surface area (Å²) in [7, 11) is 0. The molecular formula is C9H8N4O. The van der Waals surface area contributed by atoms with Crippen LogP contribution >= 0.6 is 0 Å². The van der Waals surface area contributed by atoms with E-state index in [4.69, 9.17) is 0 Å². The number of hydrogen-bond acceptors (Lipinski definition) is 2. The number of anilines is 1. The average molecular weight is 188 g/mol. The van der Waals surface area contributed by atoms with Crippen LogP contribution in [0.2, 0.25) is 0 Å². The smallest absolute Gasteiger partial charge is 0.319 e. The van der Waals surface area contributed by atoms with E-state index in [2.05, 4.69) is 20.8 Å². The fourth-order valence-electron chi connectivity index (χ4n) is 1.64. The van der Waals surface area contributed by atoms with E-state index in [0.717, 1.165) is 22.2 Å². The minimum atomic E-state index is -0.156. The fourth-order valence-corrected chi connectivity index (χ4v) is 1.64. The standard InChI is InChI=1S/C9H8N4O/c14-9-10-3-5-1-6-4-11-13-8(6)2-7(5)12-9/h1-2,4H,3H2,(H,11,13)(H2,10,12,14). The van der Waals surface area contributed by atoms with Gasteiger partial charge in [0.25, 0.3) is 0 Å². The Morgan fingerprint density at radius 2 is 2.29 bits per heavy atom. The summed E-state index contributed by atoms with van der Waals surface area (Å²) in [5.41, 5.74) is 2.87. The van der Waals surface area contributed by atoms with Crippen LogP contribution in [0.1, 0.15) is 5.56 Å². The maximum Gasteiger partial charge on any atom is 0.319 e. The number of carbonyl (C=O) groups is 1. The van der Waals surface area contributed by atoms with Gasteiger partial charge in [0.1, 0.15) is 0 Å². The van der Waals surface area contributed by atoms with Crippen LogP contribution < -0.4 is 10.6 Å². The van der Waals surface area contributed by atoms with E-state index >= 15 is 0 Å². The van der Waals surface area contributed by atoms with E-state index in [0.29, 0.717) is 6.54 Å². The van der Waals surface area contributed by atoms with Crippen molar-refractivity contribution in [1.82, 2.24) is 15.5 Å². The van der Waals surface area contributed by atoms with Gasteiger partial charge in [0, 0.05) is 17.6 Å². The Morgan fingerprint density at radius 1 is 1.36 bits per heavy atom. The molecule has 0 fully saturated rings. The third-order valence-corrected chi connectivity index (χ3v) is 2.35. The molecule has 0 saturated heterocycles. The highest BCUT2D eigenvalue weighted by Gasteiger charge is 2.14. The van der Waals surface area contributed by atoms with Crippen molar-refractivity contribution in [3.05, 3.63) is 23.9 Å². The second-order valence-corrected chi connectivity index (χ2v) is 3.27. The molecule has 1 aliphatic rings. The summed E-state index contributed by atoms with van der Waals surface area (Å²) in [6.07, 6.45) is 1.77. The zero-order valence-electron chi connectivity index (χ0n) is 7.29. The molecule has 0 spiro atoms. The Balaban J connectivity index is 2.24. The molecule has 0 unspecified atom stereocenters. The van der Waals surface area contributed by atoms with Crippen LogP contribution in [0.4, 0.5) is 10.5 Å². The SMILES string of the molecule is O=C1NCc2cc3cn[nH]c3cc2N1. The lowest BCUT2D eigenvalue weighted by Gasteiger charge is -2.17. The first-order valence-corrected chi connectivity index (χ1v) is 4.34. The van der Waals surface area contributed by atoms with Crippen LogP contribution in [0, 0.1) is 0 Å². The number of amides is 2. The van der Waals surface area contributed by atoms with Gasteiger partial charge in [-0.05, 0) is 17.7 Å². The van der Waals surface area contributed by atoms with Crippen molar-refractivity contribution in [1.29, 1.82) is 0 Å². The predicted molar refractivity (Wildman–Crippen MR) is 52.0 cm³/mol. The van der Waals surface area contributed by atoms with Crippen LogP contribution in [0.25, 0.3) is 10.9 Å². The highest BCUT2D eigenvalue weighted by molar-refractivity contribution is 5.95. The topological polar surface area (TPSA) is 69.8 Å². The number of hydrogen-bond donors (Lipinski definition) is 3.